The van der Waals surface area contributed by atoms with Gasteiger partial charge in [-0.15, -0.1) is 0 Å². The van der Waals surface area contributed by atoms with E-state index in [2.05, 4.69) is 15.3 Å². The molecular weight excluding hydrogens is 364 g/mol. The third-order valence-corrected chi connectivity index (χ3v) is 4.97. The van der Waals surface area contributed by atoms with E-state index in [1.165, 1.54) is 0 Å². The van der Waals surface area contributed by atoms with Crippen molar-refractivity contribution in [2.45, 2.75) is 13.0 Å². The second kappa shape index (κ2) is 7.98. The van der Waals surface area contributed by atoms with Crippen molar-refractivity contribution in [1.82, 2.24) is 9.78 Å². The van der Waals surface area contributed by atoms with Gasteiger partial charge in [0.2, 0.25) is 5.91 Å². The van der Waals surface area contributed by atoms with Crippen LogP contribution in [0.2, 0.25) is 5.15 Å². The van der Waals surface area contributed by atoms with Crippen LogP contribution in [0.15, 0.2) is 48.5 Å². The van der Waals surface area contributed by atoms with E-state index in [0.29, 0.717) is 18.1 Å². The standard InChI is InChI=1S/C20H21ClN4O2/c21-20-17-3-1-2-4-18(17)25(23-20)10-9-19(26)22-15-5-7-16(8-6-15)24-11-13-27-14-12-24/h1-8H,9-14H2,(H,22,26). The maximum atomic E-state index is 12.3. The summed E-state index contributed by atoms with van der Waals surface area (Å²) < 4.78 is 7.15. The van der Waals surface area contributed by atoms with E-state index in [-0.39, 0.29) is 5.91 Å². The summed E-state index contributed by atoms with van der Waals surface area (Å²) in [7, 11) is 0. The highest BCUT2D eigenvalue weighted by Gasteiger charge is 2.12. The topological polar surface area (TPSA) is 59.4 Å². The van der Waals surface area contributed by atoms with E-state index in [1.807, 2.05) is 48.5 Å². The van der Waals surface area contributed by atoms with E-state index in [4.69, 9.17) is 16.3 Å². The monoisotopic (exact) mass is 384 g/mol. The zero-order valence-electron chi connectivity index (χ0n) is 14.9. The zero-order chi connectivity index (χ0) is 18.6. The molecule has 2 heterocycles. The Balaban J connectivity index is 1.35. The number of anilines is 2. The lowest BCUT2D eigenvalue weighted by molar-refractivity contribution is -0.116. The Morgan fingerprint density at radius 2 is 1.85 bits per heavy atom. The molecule has 0 atom stereocenters. The number of benzene rings is 2. The fourth-order valence-corrected chi connectivity index (χ4v) is 3.52. The van der Waals surface area contributed by atoms with E-state index < -0.39 is 0 Å². The molecule has 6 nitrogen and oxygen atoms in total. The number of ether oxygens (including phenoxy) is 1. The second-order valence-electron chi connectivity index (χ2n) is 6.48. The zero-order valence-corrected chi connectivity index (χ0v) is 15.7. The van der Waals surface area contributed by atoms with Crippen LogP contribution in [0.4, 0.5) is 11.4 Å². The van der Waals surface area contributed by atoms with Crippen molar-refractivity contribution in [3.8, 4) is 0 Å². The molecule has 0 spiro atoms. The molecule has 1 amide bonds. The minimum absolute atomic E-state index is 0.0511. The van der Waals surface area contributed by atoms with Crippen LogP contribution in [0.5, 0.6) is 0 Å². The van der Waals surface area contributed by atoms with Gasteiger partial charge in [0, 0.05) is 36.3 Å². The summed E-state index contributed by atoms with van der Waals surface area (Å²) in [6, 6.07) is 15.7. The molecular formula is C20H21ClN4O2. The van der Waals surface area contributed by atoms with Gasteiger partial charge in [0.05, 0.1) is 25.3 Å². The number of hydrogen-bond acceptors (Lipinski definition) is 4. The molecule has 3 aromatic rings. The summed E-state index contributed by atoms with van der Waals surface area (Å²) in [6.45, 7) is 3.78. The predicted molar refractivity (Wildman–Crippen MR) is 107 cm³/mol. The van der Waals surface area contributed by atoms with Gasteiger partial charge < -0.3 is 15.0 Å². The first kappa shape index (κ1) is 17.8. The van der Waals surface area contributed by atoms with Gasteiger partial charge in [0.25, 0.3) is 0 Å². The number of para-hydroxylation sites is 1. The quantitative estimate of drug-likeness (QED) is 0.730. The molecule has 0 unspecified atom stereocenters. The number of nitrogens with zero attached hydrogens (tertiary/aromatic N) is 3. The van der Waals surface area contributed by atoms with E-state index in [1.54, 1.807) is 4.68 Å². The Morgan fingerprint density at radius 3 is 2.63 bits per heavy atom. The average molecular weight is 385 g/mol. The lowest BCUT2D eigenvalue weighted by Crippen LogP contribution is -2.36. The molecule has 1 aliphatic heterocycles. The van der Waals surface area contributed by atoms with Crippen molar-refractivity contribution in [3.05, 3.63) is 53.7 Å². The van der Waals surface area contributed by atoms with Gasteiger partial charge in [-0.05, 0) is 36.4 Å². The lowest BCUT2D eigenvalue weighted by atomic mass is 10.2. The van der Waals surface area contributed by atoms with Crippen LogP contribution in [-0.4, -0.2) is 42.0 Å². The Bertz CT molecular complexity index is 933. The number of morpholine rings is 1. The molecule has 2 aromatic carbocycles. The molecule has 27 heavy (non-hydrogen) atoms. The molecule has 1 aromatic heterocycles. The smallest absolute Gasteiger partial charge is 0.226 e. The van der Waals surface area contributed by atoms with Crippen LogP contribution >= 0.6 is 11.6 Å². The Morgan fingerprint density at radius 1 is 1.11 bits per heavy atom. The number of hydrogen-bond donors (Lipinski definition) is 1. The number of fused-ring (bicyclic) bond motifs is 1. The van der Waals surface area contributed by atoms with E-state index >= 15 is 0 Å². The molecule has 1 N–H and O–H groups in total. The van der Waals surface area contributed by atoms with E-state index in [9.17, 15) is 4.79 Å². The van der Waals surface area contributed by atoms with Crippen molar-refractivity contribution < 1.29 is 9.53 Å². The summed E-state index contributed by atoms with van der Waals surface area (Å²) in [5.74, 6) is -0.0511. The maximum absolute atomic E-state index is 12.3. The van der Waals surface area contributed by atoms with Gasteiger partial charge in [0.1, 0.15) is 0 Å². The molecule has 0 radical (unpaired) electrons. The SMILES string of the molecule is O=C(CCn1nc(Cl)c2ccccc21)Nc1ccc(N2CCOCC2)cc1. The molecule has 7 heteroatoms. The number of rotatable bonds is 5. The first-order chi connectivity index (χ1) is 13.2. The summed E-state index contributed by atoms with van der Waals surface area (Å²) in [6.07, 6.45) is 0.327. The van der Waals surface area contributed by atoms with Crippen LogP contribution < -0.4 is 10.2 Å². The molecule has 1 aliphatic rings. The number of carbonyl (C=O) groups is 1. The van der Waals surface area contributed by atoms with Crippen molar-refractivity contribution >= 4 is 39.8 Å². The minimum Gasteiger partial charge on any atom is -0.378 e. The van der Waals surface area contributed by atoms with Crippen LogP contribution in [0, 0.1) is 0 Å². The van der Waals surface area contributed by atoms with Gasteiger partial charge in [-0.3, -0.25) is 9.48 Å². The van der Waals surface area contributed by atoms with Gasteiger partial charge in [-0.25, -0.2) is 0 Å². The first-order valence-electron chi connectivity index (χ1n) is 9.04. The highest BCUT2D eigenvalue weighted by atomic mass is 35.5. The Hall–Kier alpha value is -2.57. The molecule has 0 bridgehead atoms. The number of amides is 1. The highest BCUT2D eigenvalue weighted by molar-refractivity contribution is 6.34. The number of nitrogens with one attached hydrogen (secondary N) is 1. The fourth-order valence-electron chi connectivity index (χ4n) is 3.27. The van der Waals surface area contributed by atoms with Crippen LogP contribution in [0.25, 0.3) is 10.9 Å². The number of carbonyl (C=O) groups excluding carboxylic acids is 1. The highest BCUT2D eigenvalue weighted by Crippen LogP contribution is 2.23. The van der Waals surface area contributed by atoms with Crippen molar-refractivity contribution in [2.75, 3.05) is 36.5 Å². The van der Waals surface area contributed by atoms with Crippen LogP contribution in [0.1, 0.15) is 6.42 Å². The maximum Gasteiger partial charge on any atom is 0.226 e. The van der Waals surface area contributed by atoms with Gasteiger partial charge in [0.15, 0.2) is 5.15 Å². The number of halogens is 1. The van der Waals surface area contributed by atoms with Crippen molar-refractivity contribution in [2.24, 2.45) is 0 Å². The third kappa shape index (κ3) is 4.07. The van der Waals surface area contributed by atoms with Gasteiger partial charge >= 0.3 is 0 Å². The summed E-state index contributed by atoms with van der Waals surface area (Å²) >= 11 is 6.16. The summed E-state index contributed by atoms with van der Waals surface area (Å²) in [5, 5.41) is 8.62. The van der Waals surface area contributed by atoms with Crippen LogP contribution in [-0.2, 0) is 16.1 Å². The normalized spacial score (nSPS) is 14.5. The molecule has 1 fully saturated rings. The minimum atomic E-state index is -0.0511. The molecule has 1 saturated heterocycles. The average Bonchev–Trinajstić information content (AvgIpc) is 3.04. The molecule has 4 rings (SSSR count). The van der Waals surface area contributed by atoms with Crippen LogP contribution in [0.3, 0.4) is 0 Å². The number of aromatic nitrogens is 2. The second-order valence-corrected chi connectivity index (χ2v) is 6.83. The number of aryl methyl sites for hydroxylation is 1. The summed E-state index contributed by atoms with van der Waals surface area (Å²) in [4.78, 5) is 14.6. The molecule has 140 valence electrons. The first-order valence-corrected chi connectivity index (χ1v) is 9.42. The van der Waals surface area contributed by atoms with Gasteiger partial charge in [-0.1, -0.05) is 23.7 Å². The largest absolute Gasteiger partial charge is 0.378 e. The predicted octanol–water partition coefficient (Wildman–Crippen LogP) is 3.56. The Labute approximate surface area is 162 Å². The summed E-state index contributed by atoms with van der Waals surface area (Å²) in [5.41, 5.74) is 2.87. The molecule has 0 aliphatic carbocycles. The fraction of sp³-hybridized carbons (Fsp3) is 0.300. The van der Waals surface area contributed by atoms with Gasteiger partial charge in [-0.2, -0.15) is 5.10 Å². The third-order valence-electron chi connectivity index (χ3n) is 4.69. The van der Waals surface area contributed by atoms with E-state index in [0.717, 1.165) is 48.6 Å². The lowest BCUT2D eigenvalue weighted by Gasteiger charge is -2.28. The van der Waals surface area contributed by atoms with Crippen molar-refractivity contribution in [3.63, 3.8) is 0 Å². The molecule has 0 saturated carbocycles. The Kier molecular flexibility index (Phi) is 5.27. The van der Waals surface area contributed by atoms with Crippen molar-refractivity contribution in [1.29, 1.82) is 0 Å².